The van der Waals surface area contributed by atoms with Gasteiger partial charge in [0.2, 0.25) is 0 Å². The van der Waals surface area contributed by atoms with Crippen molar-refractivity contribution in [2.45, 2.75) is 52.6 Å². The molecule has 0 aromatic carbocycles. The van der Waals surface area contributed by atoms with Gasteiger partial charge in [-0.1, -0.05) is 26.7 Å². The minimum atomic E-state index is -0.133. The zero-order valence-corrected chi connectivity index (χ0v) is 10.3. The highest BCUT2D eigenvalue weighted by Gasteiger charge is 2.14. The molecule has 1 unspecified atom stereocenters. The lowest BCUT2D eigenvalue weighted by Crippen LogP contribution is -2.46. The normalized spacial score (nSPS) is 13.0. The molecular formula is C11H25N3O. The van der Waals surface area contributed by atoms with E-state index in [-0.39, 0.29) is 18.1 Å². The standard InChI is InChI=1S/C11H25N3O/c1-5-9(6-2)10(12)7-13-11(15)14-8(3)4/h8-10H,5-7,12H2,1-4H3,(H2,13,14,15). The van der Waals surface area contributed by atoms with Crippen molar-refractivity contribution in [2.24, 2.45) is 11.7 Å². The Labute approximate surface area is 93.0 Å². The van der Waals surface area contributed by atoms with Crippen LogP contribution in [0, 0.1) is 5.92 Å². The number of urea groups is 1. The summed E-state index contributed by atoms with van der Waals surface area (Å²) in [5.74, 6) is 0.490. The van der Waals surface area contributed by atoms with E-state index in [1.165, 1.54) is 0 Å². The van der Waals surface area contributed by atoms with Gasteiger partial charge in [0.05, 0.1) is 0 Å². The molecule has 15 heavy (non-hydrogen) atoms. The fourth-order valence-electron chi connectivity index (χ4n) is 1.58. The summed E-state index contributed by atoms with van der Waals surface area (Å²) in [6.45, 7) is 8.66. The highest BCUT2D eigenvalue weighted by atomic mass is 16.2. The first-order valence-corrected chi connectivity index (χ1v) is 5.81. The van der Waals surface area contributed by atoms with Gasteiger partial charge in [0.1, 0.15) is 0 Å². The van der Waals surface area contributed by atoms with Gasteiger partial charge in [-0.3, -0.25) is 0 Å². The van der Waals surface area contributed by atoms with Gasteiger partial charge in [0.15, 0.2) is 0 Å². The third-order valence-corrected chi connectivity index (χ3v) is 2.57. The Balaban J connectivity index is 3.78. The van der Waals surface area contributed by atoms with Crippen molar-refractivity contribution in [1.82, 2.24) is 10.6 Å². The second kappa shape index (κ2) is 7.51. The molecule has 0 spiro atoms. The quantitative estimate of drug-likeness (QED) is 0.628. The average Bonchev–Trinajstić information content (AvgIpc) is 2.15. The molecule has 4 N–H and O–H groups in total. The molecule has 0 aliphatic heterocycles. The Morgan fingerprint density at radius 2 is 1.80 bits per heavy atom. The van der Waals surface area contributed by atoms with Crippen molar-refractivity contribution in [1.29, 1.82) is 0 Å². The van der Waals surface area contributed by atoms with E-state index >= 15 is 0 Å². The summed E-state index contributed by atoms with van der Waals surface area (Å²) >= 11 is 0. The van der Waals surface area contributed by atoms with Gasteiger partial charge in [-0.2, -0.15) is 0 Å². The Bertz CT molecular complexity index is 179. The van der Waals surface area contributed by atoms with Crippen molar-refractivity contribution in [3.05, 3.63) is 0 Å². The van der Waals surface area contributed by atoms with Gasteiger partial charge in [-0.25, -0.2) is 4.79 Å². The number of hydrogen-bond acceptors (Lipinski definition) is 2. The number of carbonyl (C=O) groups is 1. The topological polar surface area (TPSA) is 67.1 Å². The fraction of sp³-hybridized carbons (Fsp3) is 0.909. The predicted octanol–water partition coefficient (Wildman–Crippen LogP) is 1.46. The molecule has 0 bridgehead atoms. The second-order valence-electron chi connectivity index (χ2n) is 4.25. The smallest absolute Gasteiger partial charge is 0.315 e. The van der Waals surface area contributed by atoms with Crippen LogP contribution in [0.1, 0.15) is 40.5 Å². The van der Waals surface area contributed by atoms with Crippen molar-refractivity contribution >= 4 is 6.03 Å². The number of nitrogens with two attached hydrogens (primary N) is 1. The molecule has 0 aromatic heterocycles. The molecule has 0 saturated heterocycles. The van der Waals surface area contributed by atoms with Crippen LogP contribution in [0.15, 0.2) is 0 Å². The molecule has 4 nitrogen and oxygen atoms in total. The van der Waals surface area contributed by atoms with Crippen LogP contribution in [0.2, 0.25) is 0 Å². The summed E-state index contributed by atoms with van der Waals surface area (Å²) in [6.07, 6.45) is 2.12. The summed E-state index contributed by atoms with van der Waals surface area (Å²) in [4.78, 5) is 11.3. The lowest BCUT2D eigenvalue weighted by Gasteiger charge is -2.21. The fourth-order valence-corrected chi connectivity index (χ4v) is 1.58. The van der Waals surface area contributed by atoms with Gasteiger partial charge in [0, 0.05) is 18.6 Å². The Kier molecular flexibility index (Phi) is 7.13. The number of hydrogen-bond donors (Lipinski definition) is 3. The minimum Gasteiger partial charge on any atom is -0.337 e. The summed E-state index contributed by atoms with van der Waals surface area (Å²) in [7, 11) is 0. The SMILES string of the molecule is CCC(CC)C(N)CNC(=O)NC(C)C. The first kappa shape index (κ1) is 14.2. The van der Waals surface area contributed by atoms with Crippen LogP contribution in [0.25, 0.3) is 0 Å². The van der Waals surface area contributed by atoms with Crippen LogP contribution < -0.4 is 16.4 Å². The molecule has 1 atom stereocenters. The maximum Gasteiger partial charge on any atom is 0.315 e. The van der Waals surface area contributed by atoms with E-state index in [9.17, 15) is 4.79 Å². The third kappa shape index (κ3) is 6.33. The van der Waals surface area contributed by atoms with E-state index in [1.54, 1.807) is 0 Å². The van der Waals surface area contributed by atoms with Crippen LogP contribution in [0.5, 0.6) is 0 Å². The van der Waals surface area contributed by atoms with Crippen molar-refractivity contribution in [2.75, 3.05) is 6.54 Å². The van der Waals surface area contributed by atoms with Crippen LogP contribution in [-0.2, 0) is 0 Å². The van der Waals surface area contributed by atoms with Crippen molar-refractivity contribution in [3.8, 4) is 0 Å². The molecule has 0 heterocycles. The summed E-state index contributed by atoms with van der Waals surface area (Å²) in [5, 5.41) is 5.56. The van der Waals surface area contributed by atoms with Crippen molar-refractivity contribution < 1.29 is 4.79 Å². The van der Waals surface area contributed by atoms with Crippen LogP contribution >= 0.6 is 0 Å². The van der Waals surface area contributed by atoms with Gasteiger partial charge in [-0.05, 0) is 19.8 Å². The first-order chi connectivity index (χ1) is 7.01. The highest BCUT2D eigenvalue weighted by molar-refractivity contribution is 5.74. The van der Waals surface area contributed by atoms with E-state index in [4.69, 9.17) is 5.73 Å². The van der Waals surface area contributed by atoms with Gasteiger partial charge >= 0.3 is 6.03 Å². The summed E-state index contributed by atoms with van der Waals surface area (Å²) in [6, 6.07) is 0.0821. The highest BCUT2D eigenvalue weighted by Crippen LogP contribution is 2.10. The Hall–Kier alpha value is -0.770. The largest absolute Gasteiger partial charge is 0.337 e. The minimum absolute atomic E-state index is 0.0536. The number of rotatable bonds is 6. The second-order valence-corrected chi connectivity index (χ2v) is 4.25. The van der Waals surface area contributed by atoms with E-state index in [0.717, 1.165) is 12.8 Å². The van der Waals surface area contributed by atoms with E-state index in [2.05, 4.69) is 24.5 Å². The Morgan fingerprint density at radius 3 is 2.20 bits per heavy atom. The molecule has 0 aliphatic carbocycles. The summed E-state index contributed by atoms with van der Waals surface area (Å²) < 4.78 is 0. The number of amides is 2. The number of carbonyl (C=O) groups excluding carboxylic acids is 1. The van der Waals surface area contributed by atoms with Gasteiger partial charge in [-0.15, -0.1) is 0 Å². The molecule has 0 aromatic rings. The lowest BCUT2D eigenvalue weighted by atomic mass is 9.95. The zero-order chi connectivity index (χ0) is 11.8. The molecule has 0 rings (SSSR count). The molecule has 0 aliphatic rings. The molecule has 0 saturated carbocycles. The van der Waals surface area contributed by atoms with Crippen LogP contribution in [0.4, 0.5) is 4.79 Å². The molecule has 0 radical (unpaired) electrons. The van der Waals surface area contributed by atoms with E-state index < -0.39 is 0 Å². The molecule has 4 heteroatoms. The van der Waals surface area contributed by atoms with E-state index in [0.29, 0.717) is 12.5 Å². The molecule has 2 amide bonds. The molecular weight excluding hydrogens is 190 g/mol. The number of nitrogens with one attached hydrogen (secondary N) is 2. The van der Waals surface area contributed by atoms with E-state index in [1.807, 2.05) is 13.8 Å². The van der Waals surface area contributed by atoms with Crippen LogP contribution in [0.3, 0.4) is 0 Å². The predicted molar refractivity (Wildman–Crippen MR) is 63.7 cm³/mol. The average molecular weight is 215 g/mol. The zero-order valence-electron chi connectivity index (χ0n) is 10.3. The van der Waals surface area contributed by atoms with Crippen LogP contribution in [-0.4, -0.2) is 24.7 Å². The monoisotopic (exact) mass is 215 g/mol. The van der Waals surface area contributed by atoms with Gasteiger partial charge < -0.3 is 16.4 Å². The molecule has 0 fully saturated rings. The lowest BCUT2D eigenvalue weighted by molar-refractivity contribution is 0.236. The van der Waals surface area contributed by atoms with Gasteiger partial charge in [0.25, 0.3) is 0 Å². The maximum atomic E-state index is 11.3. The first-order valence-electron chi connectivity index (χ1n) is 5.81. The van der Waals surface area contributed by atoms with Crippen molar-refractivity contribution in [3.63, 3.8) is 0 Å². The Morgan fingerprint density at radius 1 is 1.27 bits per heavy atom. The summed E-state index contributed by atoms with van der Waals surface area (Å²) in [5.41, 5.74) is 5.98. The third-order valence-electron chi connectivity index (χ3n) is 2.57. The maximum absolute atomic E-state index is 11.3. The molecule has 90 valence electrons.